The fourth-order valence-electron chi connectivity index (χ4n) is 3.69. The van der Waals surface area contributed by atoms with Gasteiger partial charge in [-0.15, -0.1) is 6.42 Å². The molecule has 3 heterocycles. The van der Waals surface area contributed by atoms with Gasteiger partial charge in [0.15, 0.2) is 0 Å². The molecule has 2 aliphatic heterocycles. The van der Waals surface area contributed by atoms with Crippen molar-refractivity contribution in [1.29, 1.82) is 0 Å². The van der Waals surface area contributed by atoms with Crippen LogP contribution in [0.2, 0.25) is 0 Å². The molecule has 31 heavy (non-hydrogen) atoms. The molecular weight excluding hydrogens is 390 g/mol. The van der Waals surface area contributed by atoms with Crippen LogP contribution in [-0.4, -0.2) is 27.4 Å². The van der Waals surface area contributed by atoms with Gasteiger partial charge in [-0.05, 0) is 41.7 Å². The number of carbonyl (C=O) groups is 3. The molecule has 0 saturated carbocycles. The van der Waals surface area contributed by atoms with Crippen molar-refractivity contribution in [1.82, 2.24) is 9.88 Å². The lowest BCUT2D eigenvalue weighted by Gasteiger charge is -2.30. The lowest BCUT2D eigenvalue weighted by atomic mass is 9.93. The third-order valence-corrected chi connectivity index (χ3v) is 5.25. The number of Topliss-reactive ketones (excluding diaryl/α,β-unsaturated/α-hetero) is 2. The topological polar surface area (TPSA) is 93.4 Å². The molecule has 0 fully saturated rings. The van der Waals surface area contributed by atoms with Crippen LogP contribution in [0.15, 0.2) is 59.8 Å². The Kier molecular flexibility index (Phi) is 6.17. The molecule has 156 valence electrons. The van der Waals surface area contributed by atoms with Crippen LogP contribution in [0.1, 0.15) is 37.9 Å². The van der Waals surface area contributed by atoms with E-state index in [0.717, 1.165) is 59.0 Å². The van der Waals surface area contributed by atoms with Gasteiger partial charge in [-0.3, -0.25) is 14.4 Å². The van der Waals surface area contributed by atoms with Crippen molar-refractivity contribution < 1.29 is 14.4 Å². The van der Waals surface area contributed by atoms with Crippen LogP contribution >= 0.6 is 0 Å². The monoisotopic (exact) mass is 413 g/mol. The number of pyridine rings is 1. The standard InChI is InChI=1S/C22H18N2O.C3H5NO2/c1-4-18(25)11-16-12-21-22-17(13-24(21)14(3)19(16)5-2)10-15-8-6-7-9-20(15)23-22;1-2(5)3(4)6/h1,6-10,12H,3,5,11,13H2,2H3;1H3,(H2,4,6). The van der Waals surface area contributed by atoms with E-state index < -0.39 is 11.7 Å². The molecule has 1 aromatic heterocycles. The smallest absolute Gasteiger partial charge is 0.284 e. The Balaban J connectivity index is 0.000000401. The lowest BCUT2D eigenvalue weighted by molar-refractivity contribution is -0.134. The number of benzene rings is 1. The average Bonchev–Trinajstić information content (AvgIpc) is 3.10. The zero-order valence-electron chi connectivity index (χ0n) is 17.6. The Morgan fingerprint density at radius 3 is 2.58 bits per heavy atom. The Bertz CT molecular complexity index is 1220. The van der Waals surface area contributed by atoms with E-state index in [9.17, 15) is 14.4 Å². The second-order valence-electron chi connectivity index (χ2n) is 7.27. The van der Waals surface area contributed by atoms with Crippen LogP contribution < -0.4 is 5.73 Å². The summed E-state index contributed by atoms with van der Waals surface area (Å²) in [4.78, 5) is 38.1. The Labute approximate surface area is 181 Å². The fraction of sp³-hybridized carbons (Fsp3) is 0.200. The van der Waals surface area contributed by atoms with Gasteiger partial charge >= 0.3 is 0 Å². The predicted molar refractivity (Wildman–Crippen MR) is 120 cm³/mol. The summed E-state index contributed by atoms with van der Waals surface area (Å²) in [7, 11) is 0. The van der Waals surface area contributed by atoms with Gasteiger partial charge in [-0.2, -0.15) is 0 Å². The number of hydrogen-bond donors (Lipinski definition) is 1. The van der Waals surface area contributed by atoms with Crippen LogP contribution in [-0.2, 0) is 20.9 Å². The molecule has 2 aromatic rings. The first-order valence-corrected chi connectivity index (χ1v) is 9.86. The number of aromatic nitrogens is 1. The van der Waals surface area contributed by atoms with Crippen molar-refractivity contribution in [3.63, 3.8) is 0 Å². The predicted octanol–water partition coefficient (Wildman–Crippen LogP) is 3.28. The number of carbonyl (C=O) groups excluding carboxylic acids is 3. The third-order valence-electron chi connectivity index (χ3n) is 5.25. The maximum Gasteiger partial charge on any atom is 0.284 e. The number of terminal acetylenes is 1. The van der Waals surface area contributed by atoms with Gasteiger partial charge < -0.3 is 10.6 Å². The van der Waals surface area contributed by atoms with Crippen LogP contribution in [0, 0.1) is 12.3 Å². The maximum atomic E-state index is 11.8. The summed E-state index contributed by atoms with van der Waals surface area (Å²) in [6, 6.07) is 10.3. The molecule has 0 unspecified atom stereocenters. The summed E-state index contributed by atoms with van der Waals surface area (Å²) < 4.78 is 0. The van der Waals surface area contributed by atoms with Crippen LogP contribution in [0.4, 0.5) is 0 Å². The van der Waals surface area contributed by atoms with Gasteiger partial charge in [0.05, 0.1) is 23.5 Å². The fourth-order valence-corrected chi connectivity index (χ4v) is 3.69. The molecule has 6 nitrogen and oxygen atoms in total. The van der Waals surface area contributed by atoms with Crippen LogP contribution in [0.5, 0.6) is 0 Å². The van der Waals surface area contributed by atoms with E-state index in [4.69, 9.17) is 11.4 Å². The number of ketones is 2. The summed E-state index contributed by atoms with van der Waals surface area (Å²) in [5, 5.41) is 1.14. The molecule has 2 N–H and O–H groups in total. The summed E-state index contributed by atoms with van der Waals surface area (Å²) in [5.41, 5.74) is 11.6. The summed E-state index contributed by atoms with van der Waals surface area (Å²) in [6.07, 6.45) is 8.40. The number of allylic oxidation sites excluding steroid dienone is 3. The van der Waals surface area contributed by atoms with E-state index in [0.29, 0.717) is 0 Å². The average molecular weight is 413 g/mol. The van der Waals surface area contributed by atoms with E-state index in [-0.39, 0.29) is 12.2 Å². The van der Waals surface area contributed by atoms with Gasteiger partial charge in [0.1, 0.15) is 0 Å². The molecule has 2 aliphatic rings. The minimum atomic E-state index is -0.880. The molecular formula is C25H23N3O3. The second-order valence-corrected chi connectivity index (χ2v) is 7.27. The normalized spacial score (nSPS) is 14.2. The Morgan fingerprint density at radius 1 is 1.29 bits per heavy atom. The molecule has 0 bridgehead atoms. The van der Waals surface area contributed by atoms with E-state index in [1.165, 1.54) is 5.56 Å². The third kappa shape index (κ3) is 4.31. The van der Waals surface area contributed by atoms with Crippen molar-refractivity contribution in [3.05, 3.63) is 71.1 Å². The molecule has 1 aromatic carbocycles. The quantitative estimate of drug-likeness (QED) is 0.472. The maximum absolute atomic E-state index is 11.8. The van der Waals surface area contributed by atoms with E-state index in [1.807, 2.05) is 18.2 Å². The molecule has 1 amide bonds. The van der Waals surface area contributed by atoms with Crippen LogP contribution in [0.3, 0.4) is 0 Å². The van der Waals surface area contributed by atoms with Crippen molar-refractivity contribution in [2.75, 3.05) is 0 Å². The number of rotatable bonds is 4. The summed E-state index contributed by atoms with van der Waals surface area (Å²) in [6.45, 7) is 8.25. The zero-order valence-corrected chi connectivity index (χ0v) is 17.6. The molecule has 0 aliphatic carbocycles. The molecule has 0 saturated heterocycles. The number of amides is 1. The van der Waals surface area contributed by atoms with Crippen molar-refractivity contribution >= 4 is 34.1 Å². The van der Waals surface area contributed by atoms with Crippen molar-refractivity contribution in [3.8, 4) is 12.3 Å². The first-order valence-electron chi connectivity index (χ1n) is 9.86. The zero-order chi connectivity index (χ0) is 22.7. The van der Waals surface area contributed by atoms with E-state index in [1.54, 1.807) is 0 Å². The largest absolute Gasteiger partial charge is 0.363 e. The van der Waals surface area contributed by atoms with Gasteiger partial charge in [-0.25, -0.2) is 4.98 Å². The first-order chi connectivity index (χ1) is 14.8. The summed E-state index contributed by atoms with van der Waals surface area (Å²) >= 11 is 0. The second kappa shape index (κ2) is 8.80. The number of hydrogen-bond acceptors (Lipinski definition) is 5. The molecule has 6 heteroatoms. The van der Waals surface area contributed by atoms with Gasteiger partial charge in [0.25, 0.3) is 5.91 Å². The lowest BCUT2D eigenvalue weighted by Crippen LogP contribution is -2.21. The number of fused-ring (bicyclic) bond motifs is 4. The summed E-state index contributed by atoms with van der Waals surface area (Å²) in [5.74, 6) is 0.527. The highest BCUT2D eigenvalue weighted by molar-refractivity contribution is 6.34. The van der Waals surface area contributed by atoms with Gasteiger partial charge in [0, 0.05) is 30.0 Å². The van der Waals surface area contributed by atoms with E-state index in [2.05, 4.69) is 48.3 Å². The molecule has 4 rings (SSSR count). The number of nitrogens with zero attached hydrogens (tertiary/aromatic N) is 2. The number of primary amides is 1. The first kappa shape index (κ1) is 21.7. The van der Waals surface area contributed by atoms with Crippen LogP contribution in [0.25, 0.3) is 16.6 Å². The minimum absolute atomic E-state index is 0.205. The van der Waals surface area contributed by atoms with Crippen molar-refractivity contribution in [2.24, 2.45) is 5.73 Å². The van der Waals surface area contributed by atoms with Gasteiger partial charge in [-0.1, -0.05) is 31.7 Å². The van der Waals surface area contributed by atoms with Crippen molar-refractivity contribution in [2.45, 2.75) is 33.2 Å². The Hall–Kier alpha value is -3.98. The number of para-hydroxylation sites is 1. The highest BCUT2D eigenvalue weighted by Gasteiger charge is 2.32. The number of nitrogens with two attached hydrogens (primary N) is 1. The highest BCUT2D eigenvalue weighted by Crippen LogP contribution is 2.43. The Morgan fingerprint density at radius 2 is 1.97 bits per heavy atom. The minimum Gasteiger partial charge on any atom is -0.363 e. The molecule has 0 spiro atoms. The molecule has 0 radical (unpaired) electrons. The molecule has 0 atom stereocenters. The van der Waals surface area contributed by atoms with E-state index >= 15 is 0 Å². The highest BCUT2D eigenvalue weighted by atomic mass is 16.2. The SMILES string of the molecule is C#CC(=O)CC1=C(CC)C(=C)N2Cc3cc4ccccc4nc3C2=C1.CC(=O)C(N)=O. The van der Waals surface area contributed by atoms with Gasteiger partial charge in [0.2, 0.25) is 11.6 Å².